The van der Waals surface area contributed by atoms with Crippen molar-refractivity contribution in [2.75, 3.05) is 17.7 Å². The zero-order chi connectivity index (χ0) is 25.2. The number of aromatic nitrogens is 7. The SMILES string of the molecule is Cn1ncc(-c2nccc(N)n2)c1OC[C@@H]1CC[C@H](Nc2cc(Cl)ncc2-c2ccn(C(F)F)n2)C1. The van der Waals surface area contributed by atoms with Gasteiger partial charge in [-0.05, 0) is 43.4 Å². The van der Waals surface area contributed by atoms with Gasteiger partial charge in [0.25, 0.3) is 0 Å². The molecule has 0 amide bonds. The van der Waals surface area contributed by atoms with Crippen molar-refractivity contribution in [1.29, 1.82) is 0 Å². The highest BCUT2D eigenvalue weighted by molar-refractivity contribution is 6.29. The zero-order valence-corrected chi connectivity index (χ0v) is 20.1. The quantitative estimate of drug-likeness (QED) is 0.331. The van der Waals surface area contributed by atoms with Gasteiger partial charge in [0.1, 0.15) is 16.5 Å². The van der Waals surface area contributed by atoms with E-state index in [1.807, 2.05) is 0 Å². The topological polar surface area (TPSA) is 122 Å². The Balaban J connectivity index is 1.25. The van der Waals surface area contributed by atoms with Gasteiger partial charge in [-0.2, -0.15) is 19.0 Å². The van der Waals surface area contributed by atoms with Crippen LogP contribution in [-0.2, 0) is 7.05 Å². The molecule has 1 saturated carbocycles. The molecule has 4 aromatic rings. The lowest BCUT2D eigenvalue weighted by atomic mass is 10.1. The lowest BCUT2D eigenvalue weighted by Gasteiger charge is -2.18. The Morgan fingerprint density at radius 3 is 2.86 bits per heavy atom. The van der Waals surface area contributed by atoms with Gasteiger partial charge in [-0.1, -0.05) is 11.6 Å². The highest BCUT2D eigenvalue weighted by Gasteiger charge is 2.27. The number of hydrogen-bond donors (Lipinski definition) is 2. The van der Waals surface area contributed by atoms with Crippen LogP contribution in [0.4, 0.5) is 20.3 Å². The number of nitrogen functional groups attached to an aromatic ring is 1. The largest absolute Gasteiger partial charge is 0.477 e. The summed E-state index contributed by atoms with van der Waals surface area (Å²) in [5, 5.41) is 12.0. The Kier molecular flexibility index (Phi) is 6.68. The van der Waals surface area contributed by atoms with E-state index in [2.05, 4.69) is 30.5 Å². The molecule has 2 atom stereocenters. The maximum absolute atomic E-state index is 13.0. The Hall–Kier alpha value is -3.80. The van der Waals surface area contributed by atoms with Gasteiger partial charge in [0.2, 0.25) is 5.88 Å². The summed E-state index contributed by atoms with van der Waals surface area (Å²) in [4.78, 5) is 12.6. The van der Waals surface area contributed by atoms with E-state index in [1.165, 1.54) is 12.3 Å². The van der Waals surface area contributed by atoms with E-state index in [1.54, 1.807) is 42.5 Å². The predicted molar refractivity (Wildman–Crippen MR) is 131 cm³/mol. The number of ether oxygens (including phenoxy) is 1. The fourth-order valence-electron chi connectivity index (χ4n) is 4.37. The summed E-state index contributed by atoms with van der Waals surface area (Å²) in [5.41, 5.74) is 8.19. The normalized spacial score (nSPS) is 17.6. The molecular formula is C23H24ClF2N9O. The number of rotatable bonds is 8. The van der Waals surface area contributed by atoms with Crippen LogP contribution in [0.2, 0.25) is 5.15 Å². The molecule has 5 rings (SSSR count). The van der Waals surface area contributed by atoms with E-state index in [0.717, 1.165) is 19.3 Å². The van der Waals surface area contributed by atoms with Crippen LogP contribution in [0.15, 0.2) is 43.0 Å². The van der Waals surface area contributed by atoms with E-state index in [9.17, 15) is 8.78 Å². The average molecular weight is 516 g/mol. The van der Waals surface area contributed by atoms with E-state index < -0.39 is 6.55 Å². The Labute approximate surface area is 210 Å². The fraction of sp³-hybridized carbons (Fsp3) is 0.348. The van der Waals surface area contributed by atoms with Crippen molar-refractivity contribution in [2.24, 2.45) is 13.0 Å². The van der Waals surface area contributed by atoms with Gasteiger partial charge >= 0.3 is 6.55 Å². The van der Waals surface area contributed by atoms with Crippen LogP contribution < -0.4 is 15.8 Å². The minimum atomic E-state index is -2.71. The number of nitrogens with zero attached hydrogens (tertiary/aromatic N) is 7. The molecule has 0 bridgehead atoms. The highest BCUT2D eigenvalue weighted by atomic mass is 35.5. The second kappa shape index (κ2) is 10.1. The molecule has 0 aromatic carbocycles. The molecule has 188 valence electrons. The van der Waals surface area contributed by atoms with Gasteiger partial charge < -0.3 is 15.8 Å². The molecule has 1 aliphatic rings. The summed E-state index contributed by atoms with van der Waals surface area (Å²) < 4.78 is 34.4. The number of nitrogens with two attached hydrogens (primary N) is 1. The summed E-state index contributed by atoms with van der Waals surface area (Å²) in [5.74, 6) is 1.71. The maximum atomic E-state index is 13.0. The van der Waals surface area contributed by atoms with Crippen LogP contribution in [0.25, 0.3) is 22.6 Å². The lowest BCUT2D eigenvalue weighted by Crippen LogP contribution is -2.18. The molecule has 0 aliphatic heterocycles. The van der Waals surface area contributed by atoms with Crippen LogP contribution >= 0.6 is 11.6 Å². The van der Waals surface area contributed by atoms with Gasteiger partial charge in [0.05, 0.1) is 18.5 Å². The fourth-order valence-corrected chi connectivity index (χ4v) is 4.53. The van der Waals surface area contributed by atoms with Crippen molar-refractivity contribution >= 4 is 23.1 Å². The Morgan fingerprint density at radius 2 is 2.08 bits per heavy atom. The molecule has 0 radical (unpaired) electrons. The Morgan fingerprint density at radius 1 is 1.22 bits per heavy atom. The lowest BCUT2D eigenvalue weighted by molar-refractivity contribution is 0.0568. The number of pyridine rings is 1. The monoisotopic (exact) mass is 515 g/mol. The van der Waals surface area contributed by atoms with E-state index >= 15 is 0 Å². The molecule has 0 saturated heterocycles. The Bertz CT molecular complexity index is 1360. The van der Waals surface area contributed by atoms with Crippen molar-refractivity contribution < 1.29 is 13.5 Å². The van der Waals surface area contributed by atoms with Crippen LogP contribution in [0, 0.1) is 5.92 Å². The third-order valence-corrected chi connectivity index (χ3v) is 6.32. The van der Waals surface area contributed by atoms with Crippen molar-refractivity contribution in [1.82, 2.24) is 34.5 Å². The van der Waals surface area contributed by atoms with Gasteiger partial charge in [-0.25, -0.2) is 24.3 Å². The van der Waals surface area contributed by atoms with Crippen molar-refractivity contribution in [3.8, 4) is 28.5 Å². The van der Waals surface area contributed by atoms with Crippen molar-refractivity contribution in [3.05, 3.63) is 48.1 Å². The number of aryl methyl sites for hydroxylation is 1. The van der Waals surface area contributed by atoms with Crippen LogP contribution in [0.1, 0.15) is 25.8 Å². The van der Waals surface area contributed by atoms with Crippen molar-refractivity contribution in [3.63, 3.8) is 0 Å². The highest BCUT2D eigenvalue weighted by Crippen LogP contribution is 2.35. The summed E-state index contributed by atoms with van der Waals surface area (Å²) in [6, 6.07) is 4.99. The average Bonchev–Trinajstić information content (AvgIpc) is 3.58. The third-order valence-electron chi connectivity index (χ3n) is 6.11. The molecule has 4 aromatic heterocycles. The maximum Gasteiger partial charge on any atom is 0.333 e. The summed E-state index contributed by atoms with van der Waals surface area (Å²) in [7, 11) is 1.80. The zero-order valence-electron chi connectivity index (χ0n) is 19.4. The smallest absolute Gasteiger partial charge is 0.333 e. The van der Waals surface area contributed by atoms with Gasteiger partial charge in [-0.3, -0.25) is 0 Å². The minimum Gasteiger partial charge on any atom is -0.477 e. The summed E-state index contributed by atoms with van der Waals surface area (Å²) in [6.45, 7) is -2.22. The molecule has 0 unspecified atom stereocenters. The first kappa shape index (κ1) is 23.9. The first-order valence-electron chi connectivity index (χ1n) is 11.4. The number of hydrogen-bond acceptors (Lipinski definition) is 8. The number of halogens is 3. The van der Waals surface area contributed by atoms with Gasteiger partial charge in [-0.15, -0.1) is 0 Å². The number of alkyl halides is 2. The molecule has 10 nitrogen and oxygen atoms in total. The van der Waals surface area contributed by atoms with Crippen LogP contribution in [-0.4, -0.2) is 47.2 Å². The number of anilines is 2. The van der Waals surface area contributed by atoms with E-state index in [-0.39, 0.29) is 6.04 Å². The molecule has 1 aliphatic carbocycles. The molecule has 4 heterocycles. The van der Waals surface area contributed by atoms with Gasteiger partial charge in [0, 0.05) is 42.9 Å². The van der Waals surface area contributed by atoms with Crippen LogP contribution in [0.5, 0.6) is 5.88 Å². The second-order valence-corrected chi connectivity index (χ2v) is 9.02. The molecule has 1 fully saturated rings. The molecule has 0 spiro atoms. The van der Waals surface area contributed by atoms with Crippen molar-refractivity contribution in [2.45, 2.75) is 31.9 Å². The molecule has 3 N–H and O–H groups in total. The van der Waals surface area contributed by atoms with E-state index in [0.29, 0.717) is 62.4 Å². The predicted octanol–water partition coefficient (Wildman–Crippen LogP) is 4.43. The van der Waals surface area contributed by atoms with E-state index in [4.69, 9.17) is 22.1 Å². The molecule has 13 heteroatoms. The minimum absolute atomic E-state index is 0.149. The molecular weight excluding hydrogens is 492 g/mol. The number of nitrogens with one attached hydrogen (secondary N) is 1. The first-order chi connectivity index (χ1) is 17.4. The standard InChI is InChI=1S/C23H24ClF2N9O/c1-34-22(16(11-30-34)21-28-6-4-20(27)32-21)36-12-13-2-3-14(8-13)31-18-9-19(24)29-10-15(18)17-5-7-35(33-17)23(25)26/h4-7,9-11,13-14,23H,2-3,8,12H2,1H3,(H,29,31)(H2,27,28,32)/t13-,14+/m1/s1. The van der Waals surface area contributed by atoms with Crippen LogP contribution in [0.3, 0.4) is 0 Å². The first-order valence-corrected chi connectivity index (χ1v) is 11.7. The summed E-state index contributed by atoms with van der Waals surface area (Å²) >= 11 is 6.13. The van der Waals surface area contributed by atoms with Gasteiger partial charge in [0.15, 0.2) is 5.82 Å². The summed E-state index contributed by atoms with van der Waals surface area (Å²) in [6.07, 6.45) is 8.76. The molecule has 36 heavy (non-hydrogen) atoms. The third kappa shape index (κ3) is 5.08. The second-order valence-electron chi connectivity index (χ2n) is 8.63.